The van der Waals surface area contributed by atoms with Crippen LogP contribution in [0.25, 0.3) is 5.69 Å². The fourth-order valence-electron chi connectivity index (χ4n) is 5.79. The van der Waals surface area contributed by atoms with Crippen molar-refractivity contribution in [2.24, 2.45) is 11.3 Å². The molecular weight excluding hydrogens is 418 g/mol. The highest BCUT2D eigenvalue weighted by atomic mass is 16.2. The van der Waals surface area contributed by atoms with Crippen LogP contribution in [0.5, 0.6) is 0 Å². The first-order valence-electron chi connectivity index (χ1n) is 11.5. The zero-order chi connectivity index (χ0) is 24.0. The molecule has 8 nitrogen and oxygen atoms in total. The Hall–Kier alpha value is -3.16. The Bertz CT molecular complexity index is 1090. The number of aromatic nitrogens is 2. The quantitative estimate of drug-likeness (QED) is 0.682. The molecule has 1 aliphatic heterocycles. The lowest BCUT2D eigenvalue weighted by atomic mass is 9.64. The first-order valence-corrected chi connectivity index (χ1v) is 11.5. The number of benzene rings is 1. The molecule has 0 unspecified atom stereocenters. The Morgan fingerprint density at radius 1 is 1.18 bits per heavy atom. The van der Waals surface area contributed by atoms with E-state index in [1.54, 1.807) is 0 Å². The van der Waals surface area contributed by atoms with Crippen molar-refractivity contribution in [1.29, 1.82) is 0 Å². The number of nitrogens with one attached hydrogen (secondary N) is 2. The summed E-state index contributed by atoms with van der Waals surface area (Å²) in [5.74, 6) is -0.338. The second kappa shape index (κ2) is 8.32. The summed E-state index contributed by atoms with van der Waals surface area (Å²) in [4.78, 5) is 39.7. The number of carbonyl (C=O) groups is 3. The lowest BCUT2D eigenvalue weighted by Crippen LogP contribution is -2.54. The van der Waals surface area contributed by atoms with E-state index in [2.05, 4.69) is 36.5 Å². The Labute approximate surface area is 194 Å². The molecule has 2 atom stereocenters. The number of rotatable bonds is 5. The van der Waals surface area contributed by atoms with E-state index in [0.717, 1.165) is 34.0 Å². The third-order valence-electron chi connectivity index (χ3n) is 6.83. The van der Waals surface area contributed by atoms with Crippen LogP contribution in [-0.4, -0.2) is 44.6 Å². The van der Waals surface area contributed by atoms with Crippen molar-refractivity contribution in [3.63, 3.8) is 0 Å². The molecule has 2 heterocycles. The van der Waals surface area contributed by atoms with E-state index in [1.807, 2.05) is 48.9 Å². The number of imide groups is 1. The minimum Gasteiger partial charge on any atom is -0.350 e. The number of hydrogen-bond acceptors (Lipinski definition) is 4. The van der Waals surface area contributed by atoms with Crippen molar-refractivity contribution < 1.29 is 14.4 Å². The molecule has 2 N–H and O–H groups in total. The van der Waals surface area contributed by atoms with Gasteiger partial charge in [0.1, 0.15) is 12.1 Å². The molecule has 1 saturated heterocycles. The molecule has 176 valence electrons. The van der Waals surface area contributed by atoms with Gasteiger partial charge in [0.15, 0.2) is 0 Å². The number of para-hydroxylation sites is 1. The average Bonchev–Trinajstić information content (AvgIpc) is 3.12. The monoisotopic (exact) mass is 451 g/mol. The molecule has 4 rings (SSSR count). The van der Waals surface area contributed by atoms with Gasteiger partial charge in [0.05, 0.1) is 11.4 Å². The number of amides is 4. The third kappa shape index (κ3) is 4.38. The molecule has 2 fully saturated rings. The summed E-state index contributed by atoms with van der Waals surface area (Å²) in [6.07, 6.45) is 2.20. The molecule has 0 radical (unpaired) electrons. The van der Waals surface area contributed by atoms with Gasteiger partial charge in [-0.15, -0.1) is 0 Å². The SMILES string of the molecule is Cc1nn(-c2ccccc2)c(C)c1CNC(=O)CN1C(=O)N[C@@]2(C[C@@H](C)CC(C)(C)C2)C1=O. The normalized spacial score (nSPS) is 24.3. The molecule has 1 aromatic carbocycles. The molecule has 0 bridgehead atoms. The van der Waals surface area contributed by atoms with E-state index in [9.17, 15) is 14.4 Å². The van der Waals surface area contributed by atoms with Gasteiger partial charge in [-0.05, 0) is 56.6 Å². The van der Waals surface area contributed by atoms with Crippen LogP contribution in [0.4, 0.5) is 4.79 Å². The van der Waals surface area contributed by atoms with E-state index in [4.69, 9.17) is 0 Å². The highest BCUT2D eigenvalue weighted by Crippen LogP contribution is 2.46. The molecule has 33 heavy (non-hydrogen) atoms. The Balaban J connectivity index is 1.42. The number of nitrogens with zero attached hydrogens (tertiary/aromatic N) is 3. The van der Waals surface area contributed by atoms with Crippen molar-refractivity contribution in [2.75, 3.05) is 6.54 Å². The van der Waals surface area contributed by atoms with Crippen LogP contribution >= 0.6 is 0 Å². The summed E-state index contributed by atoms with van der Waals surface area (Å²) < 4.78 is 1.85. The summed E-state index contributed by atoms with van der Waals surface area (Å²) in [5.41, 5.74) is 2.68. The number of carbonyl (C=O) groups excluding carboxylic acids is 3. The van der Waals surface area contributed by atoms with Crippen LogP contribution in [0.1, 0.15) is 57.0 Å². The van der Waals surface area contributed by atoms with Gasteiger partial charge >= 0.3 is 6.03 Å². The maximum absolute atomic E-state index is 13.3. The Morgan fingerprint density at radius 3 is 2.55 bits per heavy atom. The molecule has 1 aliphatic carbocycles. The van der Waals surface area contributed by atoms with E-state index in [1.165, 1.54) is 0 Å². The predicted molar refractivity (Wildman–Crippen MR) is 125 cm³/mol. The summed E-state index contributed by atoms with van der Waals surface area (Å²) in [7, 11) is 0. The topological polar surface area (TPSA) is 96.3 Å². The number of hydrogen-bond donors (Lipinski definition) is 2. The molecule has 1 spiro atoms. The summed E-state index contributed by atoms with van der Waals surface area (Å²) in [6.45, 7) is 10.2. The van der Waals surface area contributed by atoms with Gasteiger partial charge < -0.3 is 10.6 Å². The van der Waals surface area contributed by atoms with Gasteiger partial charge in [-0.25, -0.2) is 9.48 Å². The molecular formula is C25H33N5O3. The fourth-order valence-corrected chi connectivity index (χ4v) is 5.79. The van der Waals surface area contributed by atoms with Crippen molar-refractivity contribution in [2.45, 2.75) is 66.0 Å². The molecule has 4 amide bonds. The van der Waals surface area contributed by atoms with Gasteiger partial charge in [0, 0.05) is 17.8 Å². The summed E-state index contributed by atoms with van der Waals surface area (Å²) >= 11 is 0. The first-order chi connectivity index (χ1) is 15.5. The fraction of sp³-hybridized carbons (Fsp3) is 0.520. The lowest BCUT2D eigenvalue weighted by molar-refractivity contribution is -0.137. The standard InChI is InChI=1S/C25H33N5O3/c1-16-11-24(4,5)15-25(12-16)22(32)29(23(33)27-25)14-21(31)26-13-20-17(2)28-30(18(20)3)19-9-7-6-8-10-19/h6-10,16H,11-15H2,1-5H3,(H,26,31)(H,27,33)/t16-,25+/m0/s1. The Morgan fingerprint density at radius 2 is 1.88 bits per heavy atom. The highest BCUT2D eigenvalue weighted by Gasteiger charge is 2.56. The van der Waals surface area contributed by atoms with Crippen LogP contribution in [-0.2, 0) is 16.1 Å². The summed E-state index contributed by atoms with van der Waals surface area (Å²) in [6, 6.07) is 9.32. The van der Waals surface area contributed by atoms with Gasteiger partial charge in [-0.3, -0.25) is 14.5 Å². The molecule has 2 aromatic rings. The van der Waals surface area contributed by atoms with Gasteiger partial charge in [0.25, 0.3) is 5.91 Å². The number of urea groups is 1. The van der Waals surface area contributed by atoms with E-state index >= 15 is 0 Å². The number of aryl methyl sites for hydroxylation is 1. The second-order valence-corrected chi connectivity index (χ2v) is 10.4. The smallest absolute Gasteiger partial charge is 0.325 e. The van der Waals surface area contributed by atoms with Crippen molar-refractivity contribution >= 4 is 17.8 Å². The van der Waals surface area contributed by atoms with Crippen molar-refractivity contribution in [1.82, 2.24) is 25.3 Å². The van der Waals surface area contributed by atoms with Crippen LogP contribution in [0.15, 0.2) is 30.3 Å². The second-order valence-electron chi connectivity index (χ2n) is 10.4. The first kappa shape index (κ1) is 23.0. The maximum Gasteiger partial charge on any atom is 0.325 e. The minimum atomic E-state index is -0.900. The predicted octanol–water partition coefficient (Wildman–Crippen LogP) is 3.24. The van der Waals surface area contributed by atoms with Gasteiger partial charge in [-0.1, -0.05) is 39.0 Å². The molecule has 1 saturated carbocycles. The van der Waals surface area contributed by atoms with E-state index < -0.39 is 11.6 Å². The van der Waals surface area contributed by atoms with Crippen molar-refractivity contribution in [3.8, 4) is 5.69 Å². The van der Waals surface area contributed by atoms with Crippen molar-refractivity contribution in [3.05, 3.63) is 47.3 Å². The van der Waals surface area contributed by atoms with Gasteiger partial charge in [-0.2, -0.15) is 5.10 Å². The van der Waals surface area contributed by atoms with E-state index in [0.29, 0.717) is 18.8 Å². The van der Waals surface area contributed by atoms with Crippen LogP contribution in [0.3, 0.4) is 0 Å². The van der Waals surface area contributed by atoms with Crippen LogP contribution in [0, 0.1) is 25.2 Å². The zero-order valence-electron chi connectivity index (χ0n) is 20.1. The Kier molecular flexibility index (Phi) is 5.80. The summed E-state index contributed by atoms with van der Waals surface area (Å²) in [5, 5.41) is 10.4. The minimum absolute atomic E-state index is 0.0488. The molecule has 8 heteroatoms. The average molecular weight is 452 g/mol. The lowest BCUT2D eigenvalue weighted by Gasteiger charge is -2.43. The van der Waals surface area contributed by atoms with Gasteiger partial charge in [0.2, 0.25) is 5.91 Å². The highest BCUT2D eigenvalue weighted by molar-refractivity contribution is 6.09. The maximum atomic E-state index is 13.3. The largest absolute Gasteiger partial charge is 0.350 e. The van der Waals surface area contributed by atoms with E-state index in [-0.39, 0.29) is 30.3 Å². The third-order valence-corrected chi connectivity index (χ3v) is 6.83. The molecule has 1 aromatic heterocycles. The molecule has 2 aliphatic rings. The van der Waals surface area contributed by atoms with Crippen LogP contribution in [0.2, 0.25) is 0 Å². The van der Waals surface area contributed by atoms with Crippen LogP contribution < -0.4 is 10.6 Å². The zero-order valence-corrected chi connectivity index (χ0v) is 20.1.